The summed E-state index contributed by atoms with van der Waals surface area (Å²) in [5, 5.41) is 5.99. The molecule has 1 amide bonds. The summed E-state index contributed by atoms with van der Waals surface area (Å²) in [6, 6.07) is 9.81. The third-order valence-electron chi connectivity index (χ3n) is 3.26. The van der Waals surface area contributed by atoms with Gasteiger partial charge >= 0.3 is 0 Å². The molecule has 2 N–H and O–H groups in total. The molecule has 1 heterocycles. The van der Waals surface area contributed by atoms with Gasteiger partial charge in [-0.15, -0.1) is 0 Å². The van der Waals surface area contributed by atoms with Crippen molar-refractivity contribution in [2.45, 2.75) is 32.7 Å². The topological polar surface area (TPSA) is 53.5 Å². The first-order valence-corrected chi connectivity index (χ1v) is 6.74. The fraction of sp³-hybridized carbons (Fsp3) is 0.467. The second-order valence-corrected chi connectivity index (χ2v) is 5.39. The van der Waals surface area contributed by atoms with Gasteiger partial charge in [0.15, 0.2) is 5.96 Å². The molecular formula is C15H21N3O. The van der Waals surface area contributed by atoms with Crippen molar-refractivity contribution in [3.8, 4) is 0 Å². The Labute approximate surface area is 114 Å². The number of rotatable bonds is 4. The van der Waals surface area contributed by atoms with Crippen LogP contribution in [0, 0.1) is 5.92 Å². The molecule has 1 aromatic rings. The summed E-state index contributed by atoms with van der Waals surface area (Å²) >= 11 is 0. The second kappa shape index (κ2) is 5.87. The molecule has 1 aliphatic heterocycles. The van der Waals surface area contributed by atoms with E-state index >= 15 is 0 Å². The minimum absolute atomic E-state index is 0.00106. The lowest BCUT2D eigenvalue weighted by Crippen LogP contribution is -2.34. The van der Waals surface area contributed by atoms with Crippen molar-refractivity contribution in [1.29, 1.82) is 0 Å². The molecule has 2 unspecified atom stereocenters. The lowest BCUT2D eigenvalue weighted by atomic mass is 9.93. The maximum absolute atomic E-state index is 12.0. The number of amides is 1. The van der Waals surface area contributed by atoms with Crippen LogP contribution in [0.5, 0.6) is 0 Å². The lowest BCUT2D eigenvalue weighted by molar-refractivity contribution is -0.120. The second-order valence-electron chi connectivity index (χ2n) is 5.39. The number of carbonyl (C=O) groups is 1. The number of nitrogens with zero attached hydrogens (tertiary/aromatic N) is 1. The minimum atomic E-state index is -0.242. The van der Waals surface area contributed by atoms with Gasteiger partial charge in [0.2, 0.25) is 5.91 Å². The number of hydrogen-bond donors (Lipinski definition) is 2. The highest BCUT2D eigenvalue weighted by atomic mass is 16.2. The highest BCUT2D eigenvalue weighted by Gasteiger charge is 2.33. The normalized spacial score (nSPS) is 22.4. The van der Waals surface area contributed by atoms with Crippen molar-refractivity contribution < 1.29 is 4.79 Å². The molecule has 1 aliphatic rings. The van der Waals surface area contributed by atoms with E-state index in [0.717, 1.165) is 12.1 Å². The molecule has 2 rings (SSSR count). The number of carbonyl (C=O) groups excluding carboxylic acids is 1. The molecule has 0 bridgehead atoms. The lowest BCUT2D eigenvalue weighted by Gasteiger charge is -2.17. The van der Waals surface area contributed by atoms with Gasteiger partial charge in [0.25, 0.3) is 0 Å². The van der Waals surface area contributed by atoms with Crippen LogP contribution in [0.1, 0.15) is 32.3 Å². The average molecular weight is 259 g/mol. The quantitative estimate of drug-likeness (QED) is 0.867. The first kappa shape index (κ1) is 13.6. The summed E-state index contributed by atoms with van der Waals surface area (Å²) in [7, 11) is 0. The van der Waals surface area contributed by atoms with Crippen LogP contribution < -0.4 is 10.6 Å². The van der Waals surface area contributed by atoms with Crippen LogP contribution in [-0.4, -0.2) is 24.5 Å². The number of hydrogen-bond acceptors (Lipinski definition) is 2. The average Bonchev–Trinajstić information content (AvgIpc) is 2.78. The maximum Gasteiger partial charge on any atom is 0.249 e. The minimum Gasteiger partial charge on any atom is -0.344 e. The van der Waals surface area contributed by atoms with Gasteiger partial charge in [-0.1, -0.05) is 51.1 Å². The van der Waals surface area contributed by atoms with Crippen molar-refractivity contribution in [2.75, 3.05) is 6.54 Å². The summed E-state index contributed by atoms with van der Waals surface area (Å²) < 4.78 is 0. The molecule has 0 saturated carbocycles. The van der Waals surface area contributed by atoms with Crippen LogP contribution in [0.25, 0.3) is 0 Å². The molecule has 0 spiro atoms. The molecule has 1 fully saturated rings. The monoisotopic (exact) mass is 259 g/mol. The zero-order valence-corrected chi connectivity index (χ0v) is 11.7. The van der Waals surface area contributed by atoms with Gasteiger partial charge in [0.05, 0.1) is 0 Å². The highest BCUT2D eigenvalue weighted by molar-refractivity contribution is 6.06. The Balaban J connectivity index is 2.06. The van der Waals surface area contributed by atoms with Gasteiger partial charge in [-0.25, -0.2) is 0 Å². The number of aliphatic imine (C=N–C) groups is 1. The van der Waals surface area contributed by atoms with E-state index in [1.54, 1.807) is 0 Å². The molecule has 4 heteroatoms. The Morgan fingerprint density at radius 3 is 2.53 bits per heavy atom. The largest absolute Gasteiger partial charge is 0.344 e. The van der Waals surface area contributed by atoms with E-state index in [0.29, 0.717) is 11.9 Å². The van der Waals surface area contributed by atoms with Crippen molar-refractivity contribution in [2.24, 2.45) is 10.9 Å². The molecule has 102 valence electrons. The van der Waals surface area contributed by atoms with E-state index in [1.807, 2.05) is 30.3 Å². The van der Waals surface area contributed by atoms with E-state index in [2.05, 4.69) is 36.4 Å². The fourth-order valence-electron chi connectivity index (χ4n) is 2.10. The summed E-state index contributed by atoms with van der Waals surface area (Å²) in [6.45, 7) is 6.98. The molecule has 19 heavy (non-hydrogen) atoms. The predicted molar refractivity (Wildman–Crippen MR) is 77.1 cm³/mol. The first-order chi connectivity index (χ1) is 9.08. The summed E-state index contributed by atoms with van der Waals surface area (Å²) in [6.07, 6.45) is 0. The van der Waals surface area contributed by atoms with Crippen LogP contribution in [0.2, 0.25) is 0 Å². The van der Waals surface area contributed by atoms with Crippen LogP contribution in [0.4, 0.5) is 0 Å². The molecule has 1 saturated heterocycles. The van der Waals surface area contributed by atoms with Gasteiger partial charge in [0, 0.05) is 12.5 Å². The third-order valence-corrected chi connectivity index (χ3v) is 3.26. The van der Waals surface area contributed by atoms with E-state index in [9.17, 15) is 4.79 Å². The van der Waals surface area contributed by atoms with Gasteiger partial charge in [-0.2, -0.15) is 0 Å². The van der Waals surface area contributed by atoms with Crippen LogP contribution in [-0.2, 0) is 4.79 Å². The van der Waals surface area contributed by atoms with Crippen LogP contribution >= 0.6 is 0 Å². The Morgan fingerprint density at radius 1 is 1.21 bits per heavy atom. The first-order valence-electron chi connectivity index (χ1n) is 6.74. The molecule has 1 aromatic carbocycles. The Kier molecular flexibility index (Phi) is 4.20. The Morgan fingerprint density at radius 2 is 1.89 bits per heavy atom. The summed E-state index contributed by atoms with van der Waals surface area (Å²) in [5.74, 6) is 1.20. The summed E-state index contributed by atoms with van der Waals surface area (Å²) in [5.41, 5.74) is 1.15. The molecule has 0 aliphatic carbocycles. The smallest absolute Gasteiger partial charge is 0.249 e. The van der Waals surface area contributed by atoms with Crippen LogP contribution in [0.3, 0.4) is 0 Å². The van der Waals surface area contributed by atoms with Crippen molar-refractivity contribution in [3.63, 3.8) is 0 Å². The van der Waals surface area contributed by atoms with Gasteiger partial charge in [-0.05, 0) is 11.5 Å². The van der Waals surface area contributed by atoms with E-state index in [4.69, 9.17) is 0 Å². The van der Waals surface area contributed by atoms with E-state index in [-0.39, 0.29) is 17.9 Å². The van der Waals surface area contributed by atoms with Crippen molar-refractivity contribution in [1.82, 2.24) is 10.6 Å². The number of guanidine groups is 1. The molecule has 4 nitrogen and oxygen atoms in total. The zero-order chi connectivity index (χ0) is 13.8. The highest BCUT2D eigenvalue weighted by Crippen LogP contribution is 2.20. The fourth-order valence-corrected chi connectivity index (χ4v) is 2.10. The van der Waals surface area contributed by atoms with Gasteiger partial charge in [0.1, 0.15) is 6.04 Å². The Bertz CT molecular complexity index is 468. The zero-order valence-electron chi connectivity index (χ0n) is 11.7. The number of nitrogens with one attached hydrogen (secondary N) is 2. The van der Waals surface area contributed by atoms with E-state index < -0.39 is 0 Å². The van der Waals surface area contributed by atoms with Gasteiger partial charge < -0.3 is 5.32 Å². The molecule has 0 aromatic heterocycles. The molecule has 0 radical (unpaired) electrons. The van der Waals surface area contributed by atoms with Crippen LogP contribution in [0.15, 0.2) is 35.3 Å². The summed E-state index contributed by atoms with van der Waals surface area (Å²) in [4.78, 5) is 16.4. The molecular weight excluding hydrogens is 238 g/mol. The Hall–Kier alpha value is -1.84. The molecule has 2 atom stereocenters. The van der Waals surface area contributed by atoms with E-state index in [1.165, 1.54) is 0 Å². The number of benzene rings is 1. The standard InChI is InChI=1S/C15H21N3O/c1-10(2)9-16-15-17-13(14(19)18-15)11(3)12-7-5-4-6-8-12/h4-8,10-11,13H,9H2,1-3H3,(H2,16,17,18,19). The van der Waals surface area contributed by atoms with Crippen molar-refractivity contribution >= 4 is 11.9 Å². The SMILES string of the molecule is CC(C)CN=C1NC(=O)C(C(C)c2ccccc2)N1. The predicted octanol–water partition coefficient (Wildman–Crippen LogP) is 1.89. The van der Waals surface area contributed by atoms with Gasteiger partial charge in [-0.3, -0.25) is 15.1 Å². The third kappa shape index (κ3) is 3.34. The van der Waals surface area contributed by atoms with Crippen molar-refractivity contribution in [3.05, 3.63) is 35.9 Å². The maximum atomic E-state index is 12.0.